The molecule has 1 aliphatic heterocycles. The van der Waals surface area contributed by atoms with E-state index in [-0.39, 0.29) is 50.5 Å². The zero-order valence-corrected chi connectivity index (χ0v) is 20.9. The summed E-state index contributed by atoms with van der Waals surface area (Å²) in [4.78, 5) is 40.2. The van der Waals surface area contributed by atoms with Gasteiger partial charge in [0.05, 0.1) is 36.8 Å². The molecule has 0 aliphatic carbocycles. The van der Waals surface area contributed by atoms with Crippen molar-refractivity contribution in [3.8, 4) is 17.6 Å². The molecule has 10 nitrogen and oxygen atoms in total. The molecule has 0 unspecified atom stereocenters. The van der Waals surface area contributed by atoms with Crippen LogP contribution >= 0.6 is 0 Å². The summed E-state index contributed by atoms with van der Waals surface area (Å²) in [6, 6.07) is 14.6. The maximum Gasteiger partial charge on any atom is 0.255 e. The zero-order chi connectivity index (χ0) is 26.4. The van der Waals surface area contributed by atoms with E-state index < -0.39 is 0 Å². The average molecular weight is 504 g/mol. The molecule has 1 aliphatic rings. The number of carbonyl (C=O) groups is 3. The van der Waals surface area contributed by atoms with E-state index in [2.05, 4.69) is 16.7 Å². The number of nitriles is 1. The lowest BCUT2D eigenvalue weighted by molar-refractivity contribution is -0.136. The first-order chi connectivity index (χ1) is 17.9. The van der Waals surface area contributed by atoms with Crippen LogP contribution in [0.1, 0.15) is 28.0 Å². The summed E-state index contributed by atoms with van der Waals surface area (Å²) in [6.07, 6.45) is 0.450. The van der Waals surface area contributed by atoms with Gasteiger partial charge in [0, 0.05) is 30.2 Å². The highest BCUT2D eigenvalue weighted by Gasteiger charge is 2.22. The molecule has 2 N–H and O–H groups in total. The number of fused-ring (bicyclic) bond motifs is 2. The number of aromatic nitrogens is 1. The number of para-hydroxylation sites is 1. The Morgan fingerprint density at radius 2 is 1.97 bits per heavy atom. The summed E-state index contributed by atoms with van der Waals surface area (Å²) in [5.74, 6) is 0.0610. The number of ether oxygens (including phenoxy) is 2. The third kappa shape index (κ3) is 5.67. The van der Waals surface area contributed by atoms with Crippen molar-refractivity contribution < 1.29 is 23.9 Å². The lowest BCUT2D eigenvalue weighted by Gasteiger charge is -2.24. The number of methoxy groups -OCH3 is 1. The van der Waals surface area contributed by atoms with Gasteiger partial charge >= 0.3 is 0 Å². The Hall–Kier alpha value is -4.52. The van der Waals surface area contributed by atoms with Crippen LogP contribution in [0, 0.1) is 18.3 Å². The number of benzene rings is 2. The molecule has 0 bridgehead atoms. The quantitative estimate of drug-likeness (QED) is 0.563. The maximum atomic E-state index is 13.4. The van der Waals surface area contributed by atoms with Gasteiger partial charge in [-0.3, -0.25) is 14.4 Å². The van der Waals surface area contributed by atoms with Gasteiger partial charge in [0.1, 0.15) is 30.7 Å². The first-order valence-electron chi connectivity index (χ1n) is 12.0. The van der Waals surface area contributed by atoms with Crippen LogP contribution in [0.2, 0.25) is 0 Å². The SMILES string of the molecule is COc1ccc2c(c1)OCCNC(=O)CN(C(=O)Cn1c(C)c(C#N)c3ccccc31)CCCNC2=O. The highest BCUT2D eigenvalue weighted by Crippen LogP contribution is 2.26. The van der Waals surface area contributed by atoms with Crippen molar-refractivity contribution in [1.82, 2.24) is 20.1 Å². The molecule has 0 atom stereocenters. The Morgan fingerprint density at radius 3 is 2.76 bits per heavy atom. The Balaban J connectivity index is 1.51. The van der Waals surface area contributed by atoms with Crippen molar-refractivity contribution in [2.45, 2.75) is 19.9 Å². The summed E-state index contributed by atoms with van der Waals surface area (Å²) < 4.78 is 12.8. The molecule has 10 heteroatoms. The number of nitrogens with zero attached hydrogens (tertiary/aromatic N) is 3. The number of carbonyl (C=O) groups excluding carboxylic acids is 3. The molecular formula is C27H29N5O5. The minimum atomic E-state index is -0.310. The molecule has 3 amide bonds. The lowest BCUT2D eigenvalue weighted by atomic mass is 10.1. The summed E-state index contributed by atoms with van der Waals surface area (Å²) >= 11 is 0. The standard InChI is InChI=1S/C27H29N5O5/c1-18-22(15-28)20-6-3-4-7-23(20)32(18)17-26(34)31-12-5-10-30-27(35)21-9-8-19(36-2)14-24(21)37-13-11-29-25(33)16-31/h3-4,6-9,14H,5,10-13,16-17H2,1-2H3,(H,29,33)(H,30,35). The van der Waals surface area contributed by atoms with Crippen molar-refractivity contribution in [3.05, 3.63) is 59.3 Å². The van der Waals surface area contributed by atoms with Gasteiger partial charge in [-0.2, -0.15) is 5.26 Å². The number of amides is 3. The van der Waals surface area contributed by atoms with Crippen LogP contribution < -0.4 is 20.1 Å². The molecular weight excluding hydrogens is 474 g/mol. The zero-order valence-electron chi connectivity index (χ0n) is 20.9. The second-order valence-electron chi connectivity index (χ2n) is 8.66. The molecule has 2 aromatic carbocycles. The van der Waals surface area contributed by atoms with Gasteiger partial charge in [-0.15, -0.1) is 0 Å². The summed E-state index contributed by atoms with van der Waals surface area (Å²) in [6.45, 7) is 2.60. The summed E-state index contributed by atoms with van der Waals surface area (Å²) in [5.41, 5.74) is 2.38. The fourth-order valence-corrected chi connectivity index (χ4v) is 4.39. The Kier molecular flexibility index (Phi) is 7.93. The molecule has 2 heterocycles. The largest absolute Gasteiger partial charge is 0.497 e. The second kappa shape index (κ2) is 11.5. The van der Waals surface area contributed by atoms with Gasteiger partial charge in [-0.25, -0.2) is 0 Å². The third-order valence-corrected chi connectivity index (χ3v) is 6.33. The second-order valence-corrected chi connectivity index (χ2v) is 8.66. The first kappa shape index (κ1) is 25.6. The third-order valence-electron chi connectivity index (χ3n) is 6.33. The number of rotatable bonds is 3. The molecule has 0 spiro atoms. The summed E-state index contributed by atoms with van der Waals surface area (Å²) in [7, 11) is 1.53. The van der Waals surface area contributed by atoms with Crippen molar-refractivity contribution >= 4 is 28.6 Å². The molecule has 3 aromatic rings. The van der Waals surface area contributed by atoms with Crippen LogP contribution in [-0.4, -0.2) is 67.1 Å². The molecule has 0 saturated carbocycles. The van der Waals surface area contributed by atoms with Crippen LogP contribution in [0.5, 0.6) is 11.5 Å². The van der Waals surface area contributed by atoms with Crippen molar-refractivity contribution in [2.24, 2.45) is 0 Å². The van der Waals surface area contributed by atoms with Crippen molar-refractivity contribution in [1.29, 1.82) is 5.26 Å². The van der Waals surface area contributed by atoms with Crippen molar-refractivity contribution in [2.75, 3.05) is 39.9 Å². The molecule has 192 valence electrons. The van der Waals surface area contributed by atoms with Crippen LogP contribution in [0.4, 0.5) is 0 Å². The fourth-order valence-electron chi connectivity index (χ4n) is 4.39. The monoisotopic (exact) mass is 503 g/mol. The van der Waals surface area contributed by atoms with Gasteiger partial charge in [0.25, 0.3) is 5.91 Å². The highest BCUT2D eigenvalue weighted by molar-refractivity contribution is 5.97. The van der Waals surface area contributed by atoms with Crippen molar-refractivity contribution in [3.63, 3.8) is 0 Å². The van der Waals surface area contributed by atoms with E-state index in [1.807, 2.05) is 31.2 Å². The number of hydrogen-bond donors (Lipinski definition) is 2. The maximum absolute atomic E-state index is 13.4. The van der Waals surface area contributed by atoms with E-state index in [4.69, 9.17) is 9.47 Å². The lowest BCUT2D eigenvalue weighted by Crippen LogP contribution is -2.44. The van der Waals surface area contributed by atoms with E-state index >= 15 is 0 Å². The van der Waals surface area contributed by atoms with E-state index in [1.165, 1.54) is 12.0 Å². The minimum Gasteiger partial charge on any atom is -0.497 e. The van der Waals surface area contributed by atoms with Gasteiger partial charge < -0.3 is 29.6 Å². The van der Waals surface area contributed by atoms with E-state index in [0.717, 1.165) is 10.9 Å². The predicted octanol–water partition coefficient (Wildman–Crippen LogP) is 1.99. The normalized spacial score (nSPS) is 15.0. The molecule has 0 saturated heterocycles. The topological polar surface area (TPSA) is 126 Å². The smallest absolute Gasteiger partial charge is 0.255 e. The molecule has 0 fully saturated rings. The Bertz CT molecular complexity index is 1370. The van der Waals surface area contributed by atoms with Gasteiger partial charge in [0.2, 0.25) is 11.8 Å². The van der Waals surface area contributed by atoms with Crippen LogP contribution in [0.25, 0.3) is 10.9 Å². The predicted molar refractivity (Wildman–Crippen MR) is 136 cm³/mol. The van der Waals surface area contributed by atoms with Crippen LogP contribution in [0.3, 0.4) is 0 Å². The Labute approximate surface area is 214 Å². The van der Waals surface area contributed by atoms with Crippen LogP contribution in [0.15, 0.2) is 42.5 Å². The minimum absolute atomic E-state index is 0.00795. The fraction of sp³-hybridized carbons (Fsp3) is 0.333. The highest BCUT2D eigenvalue weighted by atomic mass is 16.5. The number of nitrogens with one attached hydrogen (secondary N) is 2. The molecule has 1 aromatic heterocycles. The van der Waals surface area contributed by atoms with E-state index in [0.29, 0.717) is 41.3 Å². The number of hydrogen-bond acceptors (Lipinski definition) is 6. The molecule has 37 heavy (non-hydrogen) atoms. The van der Waals surface area contributed by atoms with Crippen LogP contribution in [-0.2, 0) is 16.1 Å². The summed E-state index contributed by atoms with van der Waals surface area (Å²) in [5, 5.41) is 16.0. The van der Waals surface area contributed by atoms with Gasteiger partial charge in [-0.1, -0.05) is 18.2 Å². The van der Waals surface area contributed by atoms with Gasteiger partial charge in [0.15, 0.2) is 0 Å². The Morgan fingerprint density at radius 1 is 1.16 bits per heavy atom. The first-order valence-corrected chi connectivity index (χ1v) is 12.0. The molecule has 4 rings (SSSR count). The average Bonchev–Trinajstić information content (AvgIpc) is 3.17. The van der Waals surface area contributed by atoms with Gasteiger partial charge in [-0.05, 0) is 31.5 Å². The van der Waals surface area contributed by atoms with E-state index in [9.17, 15) is 19.6 Å². The van der Waals surface area contributed by atoms with E-state index in [1.54, 1.807) is 22.8 Å². The molecule has 0 radical (unpaired) electrons.